The van der Waals surface area contributed by atoms with E-state index in [0.717, 1.165) is 5.56 Å². The number of nitrogens with zero attached hydrogens (tertiary/aromatic N) is 1. The highest BCUT2D eigenvalue weighted by Gasteiger charge is 2.78. The van der Waals surface area contributed by atoms with Gasteiger partial charge in [0.15, 0.2) is 0 Å². The molecule has 3 aliphatic rings. The maximum atomic E-state index is 13.6. The zero-order valence-corrected chi connectivity index (χ0v) is 18.7. The highest BCUT2D eigenvalue weighted by Crippen LogP contribution is 2.64. The van der Waals surface area contributed by atoms with Crippen LogP contribution in [0.15, 0.2) is 30.3 Å². The quantitative estimate of drug-likeness (QED) is 0.558. The number of amides is 2. The lowest BCUT2D eigenvalue weighted by atomic mass is 9.65. The molecular formula is C24H32N2O6. The van der Waals surface area contributed by atoms with E-state index in [1.165, 1.54) is 4.90 Å². The molecule has 0 aliphatic carbocycles. The summed E-state index contributed by atoms with van der Waals surface area (Å²) in [6, 6.07) is 8.71. The Labute approximate surface area is 188 Å². The second-order valence-corrected chi connectivity index (χ2v) is 8.90. The Morgan fingerprint density at radius 2 is 2.00 bits per heavy atom. The zero-order valence-electron chi connectivity index (χ0n) is 18.7. The monoisotopic (exact) mass is 444 g/mol. The number of hydrogen-bond donors (Lipinski definition) is 2. The lowest BCUT2D eigenvalue weighted by Crippen LogP contribution is -2.55. The van der Waals surface area contributed by atoms with Gasteiger partial charge in [0, 0.05) is 19.7 Å². The molecule has 2 amide bonds. The molecule has 3 fully saturated rings. The topological polar surface area (TPSA) is 105 Å². The lowest BCUT2D eigenvalue weighted by molar-refractivity contribution is -0.160. The Morgan fingerprint density at radius 3 is 2.66 bits per heavy atom. The van der Waals surface area contributed by atoms with Crippen molar-refractivity contribution < 1.29 is 29.0 Å². The molecule has 3 aliphatic heterocycles. The van der Waals surface area contributed by atoms with Crippen LogP contribution in [-0.2, 0) is 30.4 Å². The van der Waals surface area contributed by atoms with Crippen LogP contribution >= 0.6 is 0 Å². The van der Waals surface area contributed by atoms with E-state index in [1.807, 2.05) is 37.3 Å². The molecule has 174 valence electrons. The molecular weight excluding hydrogens is 412 g/mol. The van der Waals surface area contributed by atoms with Crippen LogP contribution in [0.5, 0.6) is 0 Å². The second-order valence-electron chi connectivity index (χ2n) is 8.90. The summed E-state index contributed by atoms with van der Waals surface area (Å²) >= 11 is 0. The molecule has 2 unspecified atom stereocenters. The zero-order chi connectivity index (χ0) is 22.9. The smallest absolute Gasteiger partial charge is 0.312 e. The van der Waals surface area contributed by atoms with Crippen molar-refractivity contribution in [3.63, 3.8) is 0 Å². The summed E-state index contributed by atoms with van der Waals surface area (Å²) in [6.07, 6.45) is 2.05. The van der Waals surface area contributed by atoms with E-state index >= 15 is 0 Å². The Bertz CT molecular complexity index is 877. The molecule has 3 heterocycles. The Morgan fingerprint density at radius 1 is 1.25 bits per heavy atom. The van der Waals surface area contributed by atoms with Crippen molar-refractivity contribution in [3.05, 3.63) is 35.9 Å². The summed E-state index contributed by atoms with van der Waals surface area (Å²) in [4.78, 5) is 41.6. The number of nitrogens with one attached hydrogen (secondary N) is 1. The van der Waals surface area contributed by atoms with Crippen LogP contribution in [0.25, 0.3) is 0 Å². The molecule has 0 radical (unpaired) electrons. The SMILES string of the molecule is CCOC(=O)[C@H]1[C@H]2C(=O)N(CCCO)C(C(=O)NCc3ccccc3)C23CC[C@]1(CC)O3. The molecule has 0 aromatic heterocycles. The number of carbonyl (C=O) groups excluding carboxylic acids is 3. The predicted octanol–water partition coefficient (Wildman–Crippen LogP) is 1.40. The third-order valence-electron chi connectivity index (χ3n) is 7.34. The van der Waals surface area contributed by atoms with Gasteiger partial charge in [-0.1, -0.05) is 37.3 Å². The van der Waals surface area contributed by atoms with Crippen molar-refractivity contribution in [3.8, 4) is 0 Å². The van der Waals surface area contributed by atoms with E-state index < -0.39 is 35.0 Å². The number of benzene rings is 1. The van der Waals surface area contributed by atoms with Gasteiger partial charge in [-0.25, -0.2) is 0 Å². The molecule has 2 bridgehead atoms. The van der Waals surface area contributed by atoms with E-state index in [2.05, 4.69) is 5.32 Å². The van der Waals surface area contributed by atoms with Gasteiger partial charge in [-0.05, 0) is 38.2 Å². The van der Waals surface area contributed by atoms with E-state index in [4.69, 9.17) is 9.47 Å². The minimum atomic E-state index is -1.05. The number of carbonyl (C=O) groups is 3. The van der Waals surface area contributed by atoms with Crippen molar-refractivity contribution in [1.29, 1.82) is 0 Å². The fraction of sp³-hybridized carbons (Fsp3) is 0.625. The third kappa shape index (κ3) is 3.40. The van der Waals surface area contributed by atoms with Crippen molar-refractivity contribution in [2.45, 2.75) is 63.3 Å². The van der Waals surface area contributed by atoms with Gasteiger partial charge in [-0.15, -0.1) is 0 Å². The number of aliphatic hydroxyl groups is 1. The summed E-state index contributed by atoms with van der Waals surface area (Å²) in [7, 11) is 0. The van der Waals surface area contributed by atoms with Crippen LogP contribution < -0.4 is 5.32 Å². The fourth-order valence-electron chi connectivity index (χ4n) is 5.97. The lowest BCUT2D eigenvalue weighted by Gasteiger charge is -2.33. The first-order valence-electron chi connectivity index (χ1n) is 11.5. The van der Waals surface area contributed by atoms with Crippen LogP contribution in [-0.4, -0.2) is 64.8 Å². The Balaban J connectivity index is 1.67. The van der Waals surface area contributed by atoms with Crippen molar-refractivity contribution in [2.75, 3.05) is 19.8 Å². The van der Waals surface area contributed by atoms with Gasteiger partial charge in [0.05, 0.1) is 18.1 Å². The Hall–Kier alpha value is -2.45. The number of hydrogen-bond acceptors (Lipinski definition) is 6. The average molecular weight is 445 g/mol. The van der Waals surface area contributed by atoms with E-state index in [9.17, 15) is 19.5 Å². The first-order valence-corrected chi connectivity index (χ1v) is 11.5. The molecule has 4 rings (SSSR count). The van der Waals surface area contributed by atoms with Gasteiger partial charge in [-0.3, -0.25) is 14.4 Å². The summed E-state index contributed by atoms with van der Waals surface area (Å²) in [5.74, 6) is -2.45. The first-order chi connectivity index (χ1) is 15.4. The van der Waals surface area contributed by atoms with E-state index in [-0.39, 0.29) is 31.6 Å². The molecule has 5 atom stereocenters. The highest BCUT2D eigenvalue weighted by atomic mass is 16.6. The van der Waals surface area contributed by atoms with Gasteiger partial charge < -0.3 is 24.8 Å². The van der Waals surface area contributed by atoms with Gasteiger partial charge in [0.2, 0.25) is 11.8 Å². The maximum absolute atomic E-state index is 13.6. The molecule has 1 aromatic rings. The maximum Gasteiger partial charge on any atom is 0.312 e. The Kier molecular flexibility index (Phi) is 6.27. The van der Waals surface area contributed by atoms with Gasteiger partial charge in [0.25, 0.3) is 0 Å². The number of likely N-dealkylation sites (tertiary alicyclic amines) is 1. The molecule has 1 aromatic carbocycles. The average Bonchev–Trinajstić information content (AvgIpc) is 3.40. The van der Waals surface area contributed by atoms with Crippen molar-refractivity contribution in [1.82, 2.24) is 10.2 Å². The highest BCUT2D eigenvalue weighted by molar-refractivity contribution is 5.98. The van der Waals surface area contributed by atoms with Crippen LogP contribution in [0.2, 0.25) is 0 Å². The molecule has 2 N–H and O–H groups in total. The summed E-state index contributed by atoms with van der Waals surface area (Å²) < 4.78 is 11.9. The molecule has 32 heavy (non-hydrogen) atoms. The first kappa shape index (κ1) is 22.7. The molecule has 8 heteroatoms. The van der Waals surface area contributed by atoms with Crippen LogP contribution in [0.1, 0.15) is 45.1 Å². The number of esters is 1. The van der Waals surface area contributed by atoms with Crippen LogP contribution in [0.3, 0.4) is 0 Å². The molecule has 8 nitrogen and oxygen atoms in total. The molecule has 1 spiro atoms. The second kappa shape index (κ2) is 8.83. The van der Waals surface area contributed by atoms with Gasteiger partial charge >= 0.3 is 5.97 Å². The van der Waals surface area contributed by atoms with E-state index in [1.54, 1.807) is 6.92 Å². The largest absolute Gasteiger partial charge is 0.466 e. The summed E-state index contributed by atoms with van der Waals surface area (Å²) in [5, 5.41) is 12.3. The normalized spacial score (nSPS) is 32.8. The molecule has 0 saturated carbocycles. The predicted molar refractivity (Wildman–Crippen MR) is 115 cm³/mol. The standard InChI is InChI=1S/C24H32N2O6/c1-3-23-11-12-24(32-23)17(18(23)22(30)31-4-2)21(29)26(13-8-14-27)19(24)20(28)25-15-16-9-6-5-7-10-16/h5-7,9-10,17-19,27H,3-4,8,11-15H2,1-2H3,(H,25,28)/t17-,18+,19?,23-,24?/m0/s1. The third-order valence-corrected chi connectivity index (χ3v) is 7.34. The van der Waals surface area contributed by atoms with Crippen molar-refractivity contribution >= 4 is 17.8 Å². The van der Waals surface area contributed by atoms with Crippen LogP contribution in [0, 0.1) is 11.8 Å². The summed E-state index contributed by atoms with van der Waals surface area (Å²) in [5.41, 5.74) is -0.888. The minimum absolute atomic E-state index is 0.0964. The number of aliphatic hydroxyl groups excluding tert-OH is 1. The van der Waals surface area contributed by atoms with Crippen LogP contribution in [0.4, 0.5) is 0 Å². The van der Waals surface area contributed by atoms with Gasteiger partial charge in [-0.2, -0.15) is 0 Å². The fourth-order valence-corrected chi connectivity index (χ4v) is 5.97. The minimum Gasteiger partial charge on any atom is -0.466 e. The number of rotatable bonds is 9. The molecule has 3 saturated heterocycles. The summed E-state index contributed by atoms with van der Waals surface area (Å²) in [6.45, 7) is 4.38. The van der Waals surface area contributed by atoms with Crippen molar-refractivity contribution in [2.24, 2.45) is 11.8 Å². The number of ether oxygens (including phenoxy) is 2. The van der Waals surface area contributed by atoms with Gasteiger partial charge in [0.1, 0.15) is 17.6 Å². The van der Waals surface area contributed by atoms with E-state index in [0.29, 0.717) is 32.2 Å². The number of fused-ring (bicyclic) bond motifs is 1.